The zero-order valence-corrected chi connectivity index (χ0v) is 17.4. The minimum absolute atomic E-state index is 0. The number of hydrogen-bond acceptors (Lipinski definition) is 4. The molecule has 2 aromatic rings. The van der Waals surface area contributed by atoms with Crippen molar-refractivity contribution in [3.05, 3.63) is 30.2 Å². The first-order chi connectivity index (χ1) is 11.5. The minimum Gasteiger partial charge on any atom is -0.356 e. The standard InChI is InChI=1S/C16H25N7O.HI/c1-5-18-14(24)16(2,3)11-20-15(17-4)19-10-13-22-21-12-8-6-7-9-23(12)13;/h6-9H,5,10-11H2,1-4H3,(H,18,24)(H2,17,19,20);1H. The van der Waals surface area contributed by atoms with Crippen molar-refractivity contribution in [1.82, 2.24) is 30.5 Å². The Morgan fingerprint density at radius 3 is 2.68 bits per heavy atom. The first kappa shape index (κ1) is 21.1. The van der Waals surface area contributed by atoms with Crippen LogP contribution in [0, 0.1) is 5.41 Å². The lowest BCUT2D eigenvalue weighted by Crippen LogP contribution is -2.47. The van der Waals surface area contributed by atoms with Crippen LogP contribution in [-0.4, -0.2) is 46.6 Å². The zero-order chi connectivity index (χ0) is 17.6. The lowest BCUT2D eigenvalue weighted by molar-refractivity contribution is -0.128. The van der Waals surface area contributed by atoms with E-state index in [1.54, 1.807) is 7.05 Å². The number of hydrogen-bond donors (Lipinski definition) is 3. The molecule has 0 aromatic carbocycles. The Labute approximate surface area is 164 Å². The predicted molar refractivity (Wildman–Crippen MR) is 109 cm³/mol. The van der Waals surface area contributed by atoms with E-state index in [1.165, 1.54) is 0 Å². The summed E-state index contributed by atoms with van der Waals surface area (Å²) in [4.78, 5) is 16.2. The van der Waals surface area contributed by atoms with Crippen LogP contribution in [-0.2, 0) is 11.3 Å². The molecule has 0 radical (unpaired) electrons. The third-order valence-electron chi connectivity index (χ3n) is 3.67. The monoisotopic (exact) mass is 459 g/mol. The van der Waals surface area contributed by atoms with Gasteiger partial charge in [0, 0.05) is 26.3 Å². The summed E-state index contributed by atoms with van der Waals surface area (Å²) in [5.41, 5.74) is 0.268. The second-order valence-electron chi connectivity index (χ2n) is 6.07. The molecule has 138 valence electrons. The Kier molecular flexibility index (Phi) is 8.07. The van der Waals surface area contributed by atoms with E-state index in [1.807, 2.05) is 49.6 Å². The molecule has 0 saturated heterocycles. The molecule has 3 N–H and O–H groups in total. The summed E-state index contributed by atoms with van der Waals surface area (Å²) in [5, 5.41) is 17.5. The summed E-state index contributed by atoms with van der Waals surface area (Å²) in [6.07, 6.45) is 1.92. The maximum Gasteiger partial charge on any atom is 0.227 e. The van der Waals surface area contributed by atoms with E-state index < -0.39 is 5.41 Å². The Morgan fingerprint density at radius 2 is 2.00 bits per heavy atom. The molecule has 0 spiro atoms. The smallest absolute Gasteiger partial charge is 0.227 e. The number of rotatable bonds is 6. The van der Waals surface area contributed by atoms with Crippen LogP contribution in [0.5, 0.6) is 0 Å². The number of fused-ring (bicyclic) bond motifs is 1. The topological polar surface area (TPSA) is 95.7 Å². The van der Waals surface area contributed by atoms with Crippen LogP contribution in [0.4, 0.5) is 0 Å². The maximum absolute atomic E-state index is 12.0. The van der Waals surface area contributed by atoms with Crippen LogP contribution < -0.4 is 16.0 Å². The average molecular weight is 459 g/mol. The molecule has 0 unspecified atom stereocenters. The molecule has 1 amide bonds. The van der Waals surface area contributed by atoms with Crippen molar-refractivity contribution >= 4 is 41.5 Å². The second kappa shape index (κ2) is 9.54. The maximum atomic E-state index is 12.0. The van der Waals surface area contributed by atoms with E-state index in [9.17, 15) is 4.79 Å². The molecule has 25 heavy (non-hydrogen) atoms. The fraction of sp³-hybridized carbons (Fsp3) is 0.500. The van der Waals surface area contributed by atoms with Crippen molar-refractivity contribution in [2.45, 2.75) is 27.3 Å². The molecule has 8 nitrogen and oxygen atoms in total. The minimum atomic E-state index is -0.533. The van der Waals surface area contributed by atoms with Gasteiger partial charge in [0.1, 0.15) is 0 Å². The molecule has 0 bridgehead atoms. The molecule has 0 atom stereocenters. The van der Waals surface area contributed by atoms with E-state index in [0.717, 1.165) is 11.5 Å². The van der Waals surface area contributed by atoms with Crippen molar-refractivity contribution < 1.29 is 4.79 Å². The molecule has 2 rings (SSSR count). The van der Waals surface area contributed by atoms with E-state index >= 15 is 0 Å². The van der Waals surface area contributed by atoms with E-state index in [4.69, 9.17) is 0 Å². The first-order valence-electron chi connectivity index (χ1n) is 7.99. The van der Waals surface area contributed by atoms with Crippen molar-refractivity contribution in [3.63, 3.8) is 0 Å². The number of guanidine groups is 1. The van der Waals surface area contributed by atoms with Gasteiger partial charge in [-0.15, -0.1) is 34.2 Å². The van der Waals surface area contributed by atoms with E-state index in [-0.39, 0.29) is 29.9 Å². The van der Waals surface area contributed by atoms with Gasteiger partial charge in [0.15, 0.2) is 17.4 Å². The predicted octanol–water partition coefficient (Wildman–Crippen LogP) is 1.17. The fourth-order valence-corrected chi connectivity index (χ4v) is 2.18. The van der Waals surface area contributed by atoms with Gasteiger partial charge in [-0.3, -0.25) is 14.2 Å². The number of nitrogens with zero attached hydrogens (tertiary/aromatic N) is 4. The number of halogens is 1. The molecule has 2 aromatic heterocycles. The van der Waals surface area contributed by atoms with Gasteiger partial charge >= 0.3 is 0 Å². The van der Waals surface area contributed by atoms with Gasteiger partial charge in [-0.25, -0.2) is 0 Å². The fourth-order valence-electron chi connectivity index (χ4n) is 2.18. The van der Waals surface area contributed by atoms with Crippen molar-refractivity contribution in [2.75, 3.05) is 20.1 Å². The molecular weight excluding hydrogens is 433 g/mol. The number of aliphatic imine (C=N–C) groups is 1. The summed E-state index contributed by atoms with van der Waals surface area (Å²) in [7, 11) is 1.69. The van der Waals surface area contributed by atoms with E-state index in [0.29, 0.717) is 25.6 Å². The van der Waals surface area contributed by atoms with Gasteiger partial charge < -0.3 is 16.0 Å². The number of aromatic nitrogens is 3. The molecule has 0 aliphatic carbocycles. The Bertz CT molecular complexity index is 726. The van der Waals surface area contributed by atoms with Crippen LogP contribution in [0.1, 0.15) is 26.6 Å². The van der Waals surface area contributed by atoms with Crippen LogP contribution in [0.25, 0.3) is 5.65 Å². The van der Waals surface area contributed by atoms with Crippen LogP contribution >= 0.6 is 24.0 Å². The quantitative estimate of drug-likeness (QED) is 0.343. The SMILES string of the molecule is CCNC(=O)C(C)(C)CNC(=NC)NCc1nnc2ccccn12.I. The molecule has 0 aliphatic heterocycles. The zero-order valence-electron chi connectivity index (χ0n) is 15.0. The molecule has 9 heteroatoms. The number of amides is 1. The highest BCUT2D eigenvalue weighted by atomic mass is 127. The largest absolute Gasteiger partial charge is 0.356 e. The first-order valence-corrected chi connectivity index (χ1v) is 7.99. The highest BCUT2D eigenvalue weighted by Crippen LogP contribution is 2.13. The summed E-state index contributed by atoms with van der Waals surface area (Å²) in [6.45, 7) is 7.26. The normalized spacial score (nSPS) is 11.8. The van der Waals surface area contributed by atoms with Crippen molar-refractivity contribution in [3.8, 4) is 0 Å². The van der Waals surface area contributed by atoms with Crippen LogP contribution in [0.2, 0.25) is 0 Å². The Hall–Kier alpha value is -1.91. The summed E-state index contributed by atoms with van der Waals surface area (Å²) in [5.74, 6) is 1.41. The molecule has 0 aliphatic rings. The number of carbonyl (C=O) groups excluding carboxylic acids is 1. The highest BCUT2D eigenvalue weighted by molar-refractivity contribution is 14.0. The summed E-state index contributed by atoms with van der Waals surface area (Å²) >= 11 is 0. The third-order valence-corrected chi connectivity index (χ3v) is 3.67. The number of nitrogens with one attached hydrogen (secondary N) is 3. The molecule has 0 saturated carbocycles. The average Bonchev–Trinajstić information content (AvgIpc) is 2.98. The van der Waals surface area contributed by atoms with Crippen molar-refractivity contribution in [2.24, 2.45) is 10.4 Å². The van der Waals surface area contributed by atoms with Crippen LogP contribution in [0.15, 0.2) is 29.4 Å². The summed E-state index contributed by atoms with van der Waals surface area (Å²) in [6, 6.07) is 5.76. The van der Waals surface area contributed by atoms with Gasteiger partial charge in [0.05, 0.1) is 12.0 Å². The van der Waals surface area contributed by atoms with Crippen molar-refractivity contribution in [1.29, 1.82) is 0 Å². The lowest BCUT2D eigenvalue weighted by atomic mass is 9.92. The second-order valence-corrected chi connectivity index (χ2v) is 6.07. The molecular formula is C16H26IN7O. The van der Waals surface area contributed by atoms with Gasteiger partial charge in [-0.1, -0.05) is 6.07 Å². The molecule has 0 fully saturated rings. The highest BCUT2D eigenvalue weighted by Gasteiger charge is 2.27. The van der Waals surface area contributed by atoms with Crippen LogP contribution in [0.3, 0.4) is 0 Å². The lowest BCUT2D eigenvalue weighted by Gasteiger charge is -2.24. The summed E-state index contributed by atoms with van der Waals surface area (Å²) < 4.78 is 1.92. The molecule has 2 heterocycles. The Balaban J connectivity index is 0.00000312. The number of pyridine rings is 1. The third kappa shape index (κ3) is 5.55. The van der Waals surface area contributed by atoms with Gasteiger partial charge in [0.2, 0.25) is 5.91 Å². The van der Waals surface area contributed by atoms with Gasteiger partial charge in [-0.05, 0) is 32.9 Å². The Morgan fingerprint density at radius 1 is 1.24 bits per heavy atom. The van der Waals surface area contributed by atoms with E-state index in [2.05, 4.69) is 31.1 Å². The van der Waals surface area contributed by atoms with Gasteiger partial charge in [-0.2, -0.15) is 0 Å². The number of carbonyl (C=O) groups is 1. The van der Waals surface area contributed by atoms with Gasteiger partial charge in [0.25, 0.3) is 0 Å².